The number of anilines is 2. The van der Waals surface area contributed by atoms with Gasteiger partial charge in [-0.3, -0.25) is 9.52 Å². The third-order valence-electron chi connectivity index (χ3n) is 4.40. The summed E-state index contributed by atoms with van der Waals surface area (Å²) >= 11 is 0. The Morgan fingerprint density at radius 1 is 0.900 bits per heavy atom. The van der Waals surface area contributed by atoms with Crippen LogP contribution in [0.2, 0.25) is 0 Å². The molecule has 0 atom stereocenters. The predicted molar refractivity (Wildman–Crippen MR) is 111 cm³/mol. The Kier molecular flexibility index (Phi) is 5.20. The van der Waals surface area contributed by atoms with Crippen molar-refractivity contribution in [2.45, 2.75) is 4.90 Å². The zero-order valence-electron chi connectivity index (χ0n) is 15.9. The Morgan fingerprint density at radius 3 is 2.27 bits per heavy atom. The number of hydrogen-bond acceptors (Lipinski definition) is 6. The Balaban J connectivity index is 1.44. The van der Waals surface area contributed by atoms with Gasteiger partial charge >= 0.3 is 0 Å². The minimum absolute atomic E-state index is 0.0689. The van der Waals surface area contributed by atoms with Crippen LogP contribution in [0.1, 0.15) is 10.4 Å². The van der Waals surface area contributed by atoms with E-state index in [2.05, 4.69) is 10.0 Å². The van der Waals surface area contributed by atoms with Gasteiger partial charge in [0, 0.05) is 16.9 Å². The summed E-state index contributed by atoms with van der Waals surface area (Å²) in [5.74, 6) is 1.37. The van der Waals surface area contributed by atoms with Crippen LogP contribution in [0.5, 0.6) is 17.2 Å². The van der Waals surface area contributed by atoms with Gasteiger partial charge in [-0.05, 0) is 66.7 Å². The van der Waals surface area contributed by atoms with Crippen LogP contribution in [0.25, 0.3) is 0 Å². The molecule has 1 aliphatic heterocycles. The van der Waals surface area contributed by atoms with Gasteiger partial charge in [0.1, 0.15) is 5.75 Å². The van der Waals surface area contributed by atoms with E-state index in [0.29, 0.717) is 34.2 Å². The summed E-state index contributed by atoms with van der Waals surface area (Å²) in [5.41, 5.74) is 1.27. The van der Waals surface area contributed by atoms with Crippen molar-refractivity contribution in [3.05, 3.63) is 72.3 Å². The maximum Gasteiger partial charge on any atom is 0.261 e. The van der Waals surface area contributed by atoms with E-state index >= 15 is 0 Å². The molecule has 0 aliphatic carbocycles. The average molecular weight is 426 g/mol. The van der Waals surface area contributed by atoms with E-state index < -0.39 is 10.0 Å². The summed E-state index contributed by atoms with van der Waals surface area (Å²) in [4.78, 5) is 12.5. The van der Waals surface area contributed by atoms with Gasteiger partial charge in [0.25, 0.3) is 15.9 Å². The smallest absolute Gasteiger partial charge is 0.261 e. The molecule has 9 heteroatoms. The second-order valence-corrected chi connectivity index (χ2v) is 8.06. The Morgan fingerprint density at radius 2 is 1.57 bits per heavy atom. The van der Waals surface area contributed by atoms with Crippen LogP contribution < -0.4 is 24.2 Å². The Bertz CT molecular complexity index is 1180. The van der Waals surface area contributed by atoms with E-state index in [0.717, 1.165) is 0 Å². The number of nitrogens with one attached hydrogen (secondary N) is 2. The van der Waals surface area contributed by atoms with Crippen LogP contribution in [0, 0.1) is 0 Å². The Hall–Kier alpha value is -3.72. The fourth-order valence-corrected chi connectivity index (χ4v) is 3.89. The lowest BCUT2D eigenvalue weighted by molar-refractivity contribution is 0.102. The molecule has 8 nitrogen and oxygen atoms in total. The maximum absolute atomic E-state index is 12.6. The van der Waals surface area contributed by atoms with E-state index in [-0.39, 0.29) is 17.6 Å². The average Bonchev–Trinajstić information content (AvgIpc) is 3.22. The van der Waals surface area contributed by atoms with E-state index in [9.17, 15) is 13.2 Å². The van der Waals surface area contributed by atoms with Gasteiger partial charge in [0.15, 0.2) is 11.5 Å². The van der Waals surface area contributed by atoms with Gasteiger partial charge in [-0.1, -0.05) is 0 Å². The molecule has 0 spiro atoms. The summed E-state index contributed by atoms with van der Waals surface area (Å²) < 4.78 is 43.2. The van der Waals surface area contributed by atoms with Gasteiger partial charge < -0.3 is 19.5 Å². The SMILES string of the molecule is COc1ccc(NS(=O)(=O)c2ccc(NC(=O)c3ccc4c(c3)OCO4)cc2)cc1. The lowest BCUT2D eigenvalue weighted by Crippen LogP contribution is -2.14. The first-order valence-corrected chi connectivity index (χ1v) is 10.4. The molecule has 0 fully saturated rings. The van der Waals surface area contributed by atoms with Gasteiger partial charge in [-0.2, -0.15) is 0 Å². The van der Waals surface area contributed by atoms with Crippen molar-refractivity contribution in [1.29, 1.82) is 0 Å². The first kappa shape index (κ1) is 19.6. The Labute approximate surface area is 173 Å². The highest BCUT2D eigenvalue weighted by atomic mass is 32.2. The van der Waals surface area contributed by atoms with Gasteiger partial charge in [-0.15, -0.1) is 0 Å². The number of carbonyl (C=O) groups excluding carboxylic acids is 1. The molecular weight excluding hydrogens is 408 g/mol. The summed E-state index contributed by atoms with van der Waals surface area (Å²) in [5, 5.41) is 2.73. The number of amides is 1. The highest BCUT2D eigenvalue weighted by molar-refractivity contribution is 7.92. The zero-order chi connectivity index (χ0) is 21.1. The van der Waals surface area contributed by atoms with Crippen LogP contribution in [-0.2, 0) is 10.0 Å². The van der Waals surface area contributed by atoms with E-state index in [1.165, 1.54) is 31.4 Å². The van der Waals surface area contributed by atoms with Gasteiger partial charge in [0.05, 0.1) is 12.0 Å². The minimum Gasteiger partial charge on any atom is -0.497 e. The lowest BCUT2D eigenvalue weighted by Gasteiger charge is -2.10. The highest BCUT2D eigenvalue weighted by Crippen LogP contribution is 2.32. The molecule has 0 saturated carbocycles. The molecule has 0 radical (unpaired) electrons. The monoisotopic (exact) mass is 426 g/mol. The van der Waals surface area contributed by atoms with Crippen LogP contribution in [0.4, 0.5) is 11.4 Å². The first-order valence-electron chi connectivity index (χ1n) is 8.92. The molecule has 154 valence electrons. The third kappa shape index (κ3) is 4.15. The molecule has 0 aromatic heterocycles. The standard InChI is InChI=1S/C21H18N2O6S/c1-27-17-7-3-16(4-8-17)23-30(25,26)18-9-5-15(6-10-18)22-21(24)14-2-11-19-20(12-14)29-13-28-19/h2-12,23H,13H2,1H3,(H,22,24). The molecule has 2 N–H and O–H groups in total. The van der Waals surface area contributed by atoms with Crippen molar-refractivity contribution in [1.82, 2.24) is 0 Å². The van der Waals surface area contributed by atoms with Crippen molar-refractivity contribution in [2.24, 2.45) is 0 Å². The molecule has 4 rings (SSSR count). The van der Waals surface area contributed by atoms with E-state index in [4.69, 9.17) is 14.2 Å². The molecule has 0 bridgehead atoms. The molecule has 1 heterocycles. The number of hydrogen-bond donors (Lipinski definition) is 2. The number of ether oxygens (including phenoxy) is 3. The number of methoxy groups -OCH3 is 1. The van der Waals surface area contributed by atoms with Gasteiger partial charge in [-0.25, -0.2) is 8.42 Å². The predicted octanol–water partition coefficient (Wildman–Crippen LogP) is 3.48. The van der Waals surface area contributed by atoms with E-state index in [1.54, 1.807) is 42.5 Å². The van der Waals surface area contributed by atoms with Crippen molar-refractivity contribution < 1.29 is 27.4 Å². The molecule has 1 amide bonds. The van der Waals surface area contributed by atoms with Crippen molar-refractivity contribution in [2.75, 3.05) is 23.9 Å². The van der Waals surface area contributed by atoms with Crippen molar-refractivity contribution in [3.8, 4) is 17.2 Å². The van der Waals surface area contributed by atoms with Crippen LogP contribution >= 0.6 is 0 Å². The molecule has 1 aliphatic rings. The largest absolute Gasteiger partial charge is 0.497 e. The van der Waals surface area contributed by atoms with E-state index in [1.807, 2.05) is 0 Å². The summed E-state index contributed by atoms with van der Waals surface area (Å²) in [6.45, 7) is 0.126. The fraction of sp³-hybridized carbons (Fsp3) is 0.0952. The summed E-state index contributed by atoms with van der Waals surface area (Å²) in [6.07, 6.45) is 0. The molecule has 30 heavy (non-hydrogen) atoms. The highest BCUT2D eigenvalue weighted by Gasteiger charge is 2.17. The first-order chi connectivity index (χ1) is 14.4. The number of fused-ring (bicyclic) bond motifs is 1. The molecular formula is C21H18N2O6S. The van der Waals surface area contributed by atoms with Crippen LogP contribution in [-0.4, -0.2) is 28.2 Å². The fourth-order valence-electron chi connectivity index (χ4n) is 2.83. The quantitative estimate of drug-likeness (QED) is 0.626. The lowest BCUT2D eigenvalue weighted by atomic mass is 10.2. The van der Waals surface area contributed by atoms with Crippen LogP contribution in [0.3, 0.4) is 0 Å². The number of benzene rings is 3. The van der Waals surface area contributed by atoms with Crippen LogP contribution in [0.15, 0.2) is 71.6 Å². The maximum atomic E-state index is 12.6. The normalized spacial score (nSPS) is 12.3. The summed E-state index contributed by atoms with van der Waals surface area (Å²) in [7, 11) is -2.24. The van der Waals surface area contributed by atoms with Gasteiger partial charge in [0.2, 0.25) is 6.79 Å². The van der Waals surface area contributed by atoms with Crippen molar-refractivity contribution >= 4 is 27.3 Å². The topological polar surface area (TPSA) is 103 Å². The molecule has 0 saturated heterocycles. The minimum atomic E-state index is -3.77. The third-order valence-corrected chi connectivity index (χ3v) is 5.80. The summed E-state index contributed by atoms with van der Waals surface area (Å²) in [6, 6.07) is 17.3. The zero-order valence-corrected chi connectivity index (χ0v) is 16.7. The number of carbonyl (C=O) groups is 1. The second-order valence-electron chi connectivity index (χ2n) is 6.38. The molecule has 0 unspecified atom stereocenters. The second kappa shape index (κ2) is 7.96. The molecule has 3 aromatic carbocycles. The molecule has 3 aromatic rings. The number of rotatable bonds is 6. The number of sulfonamides is 1. The van der Waals surface area contributed by atoms with Crippen molar-refractivity contribution in [3.63, 3.8) is 0 Å².